The summed E-state index contributed by atoms with van der Waals surface area (Å²) in [7, 11) is 0. The standard InChI is InChI=1S/C19H22N2O/c1-2-12-10-21-8-7-19-15-5-3-4-6-16(15)20-18(19)14(11-22)13(12)9-17(19)21/h2-6,11,13-14,17-18,20H,7-10H2,1H3/t13-,14-,17-,18-,19+/m1/s1. The van der Waals surface area contributed by atoms with Gasteiger partial charge in [0.15, 0.2) is 0 Å². The Morgan fingerprint density at radius 2 is 2.23 bits per heavy atom. The Bertz CT molecular complexity index is 682. The van der Waals surface area contributed by atoms with Gasteiger partial charge in [0.05, 0.1) is 0 Å². The summed E-state index contributed by atoms with van der Waals surface area (Å²) in [6, 6.07) is 9.60. The molecule has 3 aliphatic heterocycles. The monoisotopic (exact) mass is 294 g/mol. The number of anilines is 1. The van der Waals surface area contributed by atoms with Crippen LogP contribution in [0.5, 0.6) is 0 Å². The number of para-hydroxylation sites is 1. The van der Waals surface area contributed by atoms with E-state index in [0.29, 0.717) is 12.0 Å². The fraction of sp³-hybridized carbons (Fsp3) is 0.526. The van der Waals surface area contributed by atoms with Crippen LogP contribution in [-0.2, 0) is 10.2 Å². The third-order valence-corrected chi connectivity index (χ3v) is 6.86. The average molecular weight is 294 g/mol. The predicted octanol–water partition coefficient (Wildman–Crippen LogP) is 2.59. The largest absolute Gasteiger partial charge is 0.380 e. The van der Waals surface area contributed by atoms with Crippen LogP contribution in [0, 0.1) is 11.8 Å². The molecule has 0 aromatic heterocycles. The van der Waals surface area contributed by atoms with Gasteiger partial charge in [0.1, 0.15) is 6.29 Å². The summed E-state index contributed by atoms with van der Waals surface area (Å²) in [6.45, 7) is 4.35. The van der Waals surface area contributed by atoms with Gasteiger partial charge >= 0.3 is 0 Å². The Labute approximate surface area is 131 Å². The van der Waals surface area contributed by atoms with E-state index in [-0.39, 0.29) is 17.4 Å². The van der Waals surface area contributed by atoms with Crippen molar-refractivity contribution in [3.63, 3.8) is 0 Å². The van der Waals surface area contributed by atoms with Crippen LogP contribution in [-0.4, -0.2) is 36.4 Å². The summed E-state index contributed by atoms with van der Waals surface area (Å²) in [6.07, 6.45) is 5.82. The number of carbonyl (C=O) groups excluding carboxylic acids is 1. The molecular weight excluding hydrogens is 272 g/mol. The van der Waals surface area contributed by atoms with Gasteiger partial charge in [0, 0.05) is 35.6 Å². The van der Waals surface area contributed by atoms with Crippen LogP contribution in [0.15, 0.2) is 35.9 Å². The molecule has 3 heterocycles. The molecule has 1 aromatic rings. The minimum Gasteiger partial charge on any atom is -0.380 e. The van der Waals surface area contributed by atoms with Crippen LogP contribution in [0.4, 0.5) is 5.69 Å². The molecule has 1 N–H and O–H groups in total. The number of allylic oxidation sites excluding steroid dienone is 1. The molecular formula is C19H22N2O. The molecule has 5 rings (SSSR count). The highest BCUT2D eigenvalue weighted by atomic mass is 16.1. The van der Waals surface area contributed by atoms with Gasteiger partial charge in [-0.3, -0.25) is 4.90 Å². The van der Waals surface area contributed by atoms with Crippen molar-refractivity contribution in [1.82, 2.24) is 4.90 Å². The van der Waals surface area contributed by atoms with Crippen LogP contribution >= 0.6 is 0 Å². The molecule has 22 heavy (non-hydrogen) atoms. The number of piperidine rings is 1. The lowest BCUT2D eigenvalue weighted by molar-refractivity contribution is -0.115. The van der Waals surface area contributed by atoms with Crippen molar-refractivity contribution in [3.8, 4) is 0 Å². The molecule has 1 saturated carbocycles. The molecule has 3 heteroatoms. The van der Waals surface area contributed by atoms with Crippen molar-refractivity contribution in [3.05, 3.63) is 41.5 Å². The van der Waals surface area contributed by atoms with Gasteiger partial charge < -0.3 is 10.1 Å². The van der Waals surface area contributed by atoms with Gasteiger partial charge in [-0.05, 0) is 43.9 Å². The lowest BCUT2D eigenvalue weighted by atomic mass is 9.56. The van der Waals surface area contributed by atoms with Crippen LogP contribution < -0.4 is 5.32 Å². The number of nitrogens with zero attached hydrogens (tertiary/aromatic N) is 1. The number of rotatable bonds is 1. The van der Waals surface area contributed by atoms with Crippen molar-refractivity contribution < 1.29 is 4.79 Å². The molecule has 2 saturated heterocycles. The summed E-state index contributed by atoms with van der Waals surface area (Å²) in [5.41, 5.74) is 4.34. The first-order valence-electron chi connectivity index (χ1n) is 8.50. The normalized spacial score (nSPS) is 43.6. The minimum absolute atomic E-state index is 0.107. The van der Waals surface area contributed by atoms with Crippen molar-refractivity contribution >= 4 is 12.0 Å². The first-order chi connectivity index (χ1) is 10.8. The number of hydrogen-bond acceptors (Lipinski definition) is 3. The third-order valence-electron chi connectivity index (χ3n) is 6.86. The van der Waals surface area contributed by atoms with Gasteiger partial charge in [0.25, 0.3) is 0 Å². The Kier molecular flexibility index (Phi) is 2.48. The first kappa shape index (κ1) is 12.9. The first-order valence-corrected chi connectivity index (χ1v) is 8.50. The van der Waals surface area contributed by atoms with E-state index >= 15 is 0 Å². The Hall–Kier alpha value is -1.61. The van der Waals surface area contributed by atoms with Crippen molar-refractivity contribution in [2.24, 2.45) is 11.8 Å². The Morgan fingerprint density at radius 3 is 3.05 bits per heavy atom. The molecule has 0 unspecified atom stereocenters. The lowest BCUT2D eigenvalue weighted by Gasteiger charge is -2.53. The molecule has 1 spiro atoms. The molecule has 3 nitrogen and oxygen atoms in total. The zero-order valence-electron chi connectivity index (χ0n) is 13.0. The van der Waals surface area contributed by atoms with Crippen LogP contribution in [0.3, 0.4) is 0 Å². The summed E-state index contributed by atoms with van der Waals surface area (Å²) in [5, 5.41) is 3.74. The number of hydrogen-bond donors (Lipinski definition) is 1. The second kappa shape index (κ2) is 4.23. The Balaban J connectivity index is 1.72. The maximum Gasteiger partial charge on any atom is 0.125 e. The quantitative estimate of drug-likeness (QED) is 0.638. The minimum atomic E-state index is 0.107. The molecule has 5 atom stereocenters. The van der Waals surface area contributed by atoms with Gasteiger partial charge in [0.2, 0.25) is 0 Å². The van der Waals surface area contributed by atoms with E-state index < -0.39 is 0 Å². The molecule has 114 valence electrons. The molecule has 3 fully saturated rings. The van der Waals surface area contributed by atoms with Gasteiger partial charge in [-0.1, -0.05) is 29.8 Å². The molecule has 2 bridgehead atoms. The fourth-order valence-electron chi connectivity index (χ4n) is 5.98. The van der Waals surface area contributed by atoms with E-state index in [1.807, 2.05) is 0 Å². The predicted molar refractivity (Wildman–Crippen MR) is 86.9 cm³/mol. The second-order valence-electron chi connectivity index (χ2n) is 7.36. The number of nitrogens with one attached hydrogen (secondary N) is 1. The van der Waals surface area contributed by atoms with E-state index in [1.165, 1.54) is 29.5 Å². The maximum atomic E-state index is 12.0. The zero-order valence-corrected chi connectivity index (χ0v) is 13.0. The topological polar surface area (TPSA) is 32.3 Å². The Morgan fingerprint density at radius 1 is 1.36 bits per heavy atom. The summed E-state index contributed by atoms with van der Waals surface area (Å²) < 4.78 is 0. The summed E-state index contributed by atoms with van der Waals surface area (Å²) in [5.74, 6) is 0.539. The fourth-order valence-corrected chi connectivity index (χ4v) is 5.98. The SMILES string of the molecule is CC=C1CN2CC[C@@]34c5ccccc5N[C@@H]3[C@H](C=O)[C@@H]1C[C@@H]24. The van der Waals surface area contributed by atoms with Gasteiger partial charge in [-0.2, -0.15) is 0 Å². The summed E-state index contributed by atoms with van der Waals surface area (Å²) in [4.78, 5) is 14.7. The average Bonchev–Trinajstić information content (AvgIpc) is 3.11. The number of aldehydes is 1. The number of carbonyl (C=O) groups is 1. The van der Waals surface area contributed by atoms with Crippen LogP contribution in [0.2, 0.25) is 0 Å². The summed E-state index contributed by atoms with van der Waals surface area (Å²) >= 11 is 0. The van der Waals surface area contributed by atoms with E-state index in [1.54, 1.807) is 0 Å². The van der Waals surface area contributed by atoms with Crippen molar-refractivity contribution in [1.29, 1.82) is 0 Å². The second-order valence-corrected chi connectivity index (χ2v) is 7.36. The van der Waals surface area contributed by atoms with Crippen molar-refractivity contribution in [2.75, 3.05) is 18.4 Å². The highest BCUT2D eigenvalue weighted by Gasteiger charge is 2.65. The smallest absolute Gasteiger partial charge is 0.125 e. The zero-order chi connectivity index (χ0) is 14.9. The van der Waals surface area contributed by atoms with E-state index in [0.717, 1.165) is 19.5 Å². The molecule has 0 radical (unpaired) electrons. The highest BCUT2D eigenvalue weighted by molar-refractivity contribution is 5.70. The number of benzene rings is 1. The van der Waals surface area contributed by atoms with Gasteiger partial charge in [-0.25, -0.2) is 0 Å². The maximum absolute atomic E-state index is 12.0. The molecule has 1 aromatic carbocycles. The van der Waals surface area contributed by atoms with Gasteiger partial charge in [-0.15, -0.1) is 0 Å². The molecule has 1 aliphatic carbocycles. The third kappa shape index (κ3) is 1.30. The van der Waals surface area contributed by atoms with Crippen LogP contribution in [0.25, 0.3) is 0 Å². The highest BCUT2D eigenvalue weighted by Crippen LogP contribution is 2.60. The molecule has 4 aliphatic rings. The van der Waals surface area contributed by atoms with Crippen molar-refractivity contribution in [2.45, 2.75) is 37.3 Å². The number of fused-ring (bicyclic) bond motifs is 2. The van der Waals surface area contributed by atoms with E-state index in [4.69, 9.17) is 0 Å². The van der Waals surface area contributed by atoms with Crippen LogP contribution in [0.1, 0.15) is 25.3 Å². The molecule has 0 amide bonds. The lowest BCUT2D eigenvalue weighted by Crippen LogP contribution is -2.62. The van der Waals surface area contributed by atoms with E-state index in [9.17, 15) is 4.79 Å². The van der Waals surface area contributed by atoms with E-state index in [2.05, 4.69) is 47.5 Å².